The van der Waals surface area contributed by atoms with E-state index in [0.29, 0.717) is 22.1 Å². The van der Waals surface area contributed by atoms with Crippen LogP contribution in [-0.2, 0) is 0 Å². The molecule has 0 saturated carbocycles. The van der Waals surface area contributed by atoms with Crippen molar-refractivity contribution in [2.45, 2.75) is 0 Å². The van der Waals surface area contributed by atoms with Crippen LogP contribution in [-0.4, -0.2) is 11.7 Å². The molecule has 1 amide bonds. The first-order valence-corrected chi connectivity index (χ1v) is 6.12. The minimum absolute atomic E-state index is 0.205. The van der Waals surface area contributed by atoms with E-state index in [0.717, 1.165) is 5.56 Å². The van der Waals surface area contributed by atoms with Crippen LogP contribution in [0, 0.1) is 0 Å². The number of nitrogens with one attached hydrogen (secondary N) is 2. The fourth-order valence-corrected chi connectivity index (χ4v) is 1.97. The quantitative estimate of drug-likeness (QED) is 0.838. The van der Waals surface area contributed by atoms with E-state index in [1.165, 1.54) is 0 Å². The van der Waals surface area contributed by atoms with Crippen LogP contribution in [0.1, 0.15) is 15.9 Å². The Morgan fingerprint density at radius 2 is 1.68 bits per heavy atom. The molecule has 1 heterocycles. The fourth-order valence-electron chi connectivity index (χ4n) is 1.84. The van der Waals surface area contributed by atoms with Crippen molar-refractivity contribution in [3.05, 3.63) is 64.7 Å². The number of aliphatic imine (C=N–C) groups is 1. The third kappa shape index (κ3) is 2.30. The van der Waals surface area contributed by atoms with Crippen LogP contribution in [0.2, 0.25) is 5.02 Å². The number of rotatable bonds is 1. The Morgan fingerprint density at radius 3 is 2.47 bits per heavy atom. The Balaban J connectivity index is 2.07. The predicted octanol–water partition coefficient (Wildman–Crippen LogP) is 2.67. The molecular weight excluding hydrogens is 262 g/mol. The molecule has 0 atom stereocenters. The van der Waals surface area contributed by atoms with Crippen LogP contribution in [0.4, 0.5) is 5.69 Å². The molecule has 0 radical (unpaired) electrons. The molecule has 0 aliphatic carbocycles. The van der Waals surface area contributed by atoms with Crippen molar-refractivity contribution in [3.63, 3.8) is 0 Å². The zero-order valence-electron chi connectivity index (χ0n) is 9.85. The number of hydrogen-bond donors (Lipinski definition) is 2. The highest BCUT2D eigenvalue weighted by Crippen LogP contribution is 2.21. The Labute approximate surface area is 115 Å². The monoisotopic (exact) mass is 271 g/mol. The highest BCUT2D eigenvalue weighted by atomic mass is 35.5. The molecule has 0 unspecified atom stereocenters. The molecule has 5 heteroatoms. The molecule has 4 nitrogen and oxygen atoms in total. The number of halogens is 1. The van der Waals surface area contributed by atoms with E-state index in [2.05, 4.69) is 15.8 Å². The van der Waals surface area contributed by atoms with Gasteiger partial charge in [0, 0.05) is 10.6 Å². The number of para-hydroxylation sites is 1. The summed E-state index contributed by atoms with van der Waals surface area (Å²) in [6.45, 7) is 0. The Morgan fingerprint density at radius 1 is 0.947 bits per heavy atom. The van der Waals surface area contributed by atoms with Gasteiger partial charge in [-0.2, -0.15) is 0 Å². The second-order valence-electron chi connectivity index (χ2n) is 4.06. The predicted molar refractivity (Wildman–Crippen MR) is 74.7 cm³/mol. The number of hydrazine groups is 1. The topological polar surface area (TPSA) is 53.5 Å². The van der Waals surface area contributed by atoms with E-state index in [1.54, 1.807) is 30.3 Å². The van der Waals surface area contributed by atoms with Crippen molar-refractivity contribution in [3.8, 4) is 0 Å². The third-order valence-electron chi connectivity index (χ3n) is 2.79. The van der Waals surface area contributed by atoms with Gasteiger partial charge in [-0.1, -0.05) is 23.7 Å². The number of benzene rings is 2. The van der Waals surface area contributed by atoms with Gasteiger partial charge in [-0.15, -0.1) is 0 Å². The van der Waals surface area contributed by atoms with Crippen molar-refractivity contribution >= 4 is 29.0 Å². The van der Waals surface area contributed by atoms with Gasteiger partial charge in [-0.25, -0.2) is 4.99 Å². The fraction of sp³-hybridized carbons (Fsp3) is 0. The molecule has 2 aromatic carbocycles. The highest BCUT2D eigenvalue weighted by molar-refractivity contribution is 6.30. The largest absolute Gasteiger partial charge is 0.281 e. The van der Waals surface area contributed by atoms with Crippen LogP contribution >= 0.6 is 11.6 Å². The van der Waals surface area contributed by atoms with Gasteiger partial charge in [0.2, 0.25) is 0 Å². The minimum atomic E-state index is -0.205. The number of nitrogens with zero attached hydrogens (tertiary/aromatic N) is 1. The van der Waals surface area contributed by atoms with Crippen LogP contribution in [0.25, 0.3) is 0 Å². The molecule has 3 rings (SSSR count). The maximum Gasteiger partial charge on any atom is 0.271 e. The average Bonchev–Trinajstić information content (AvgIpc) is 2.60. The summed E-state index contributed by atoms with van der Waals surface area (Å²) in [6.07, 6.45) is 0. The molecule has 0 bridgehead atoms. The van der Waals surface area contributed by atoms with Crippen molar-refractivity contribution in [2.75, 3.05) is 0 Å². The van der Waals surface area contributed by atoms with Crippen LogP contribution in [0.3, 0.4) is 0 Å². The van der Waals surface area contributed by atoms with Crippen LogP contribution in [0.15, 0.2) is 53.5 Å². The lowest BCUT2D eigenvalue weighted by molar-refractivity contribution is 0.0946. The van der Waals surface area contributed by atoms with E-state index in [1.807, 2.05) is 18.2 Å². The summed E-state index contributed by atoms with van der Waals surface area (Å²) >= 11 is 5.86. The molecule has 0 fully saturated rings. The highest BCUT2D eigenvalue weighted by Gasteiger charge is 2.16. The lowest BCUT2D eigenvalue weighted by Gasteiger charge is -2.07. The maximum absolute atomic E-state index is 11.9. The summed E-state index contributed by atoms with van der Waals surface area (Å²) in [6, 6.07) is 14.4. The summed E-state index contributed by atoms with van der Waals surface area (Å²) < 4.78 is 0. The molecule has 0 saturated heterocycles. The van der Waals surface area contributed by atoms with E-state index in [-0.39, 0.29) is 5.91 Å². The molecular formula is C14H10ClN3O. The van der Waals surface area contributed by atoms with E-state index in [9.17, 15) is 4.79 Å². The normalized spacial score (nSPS) is 13.7. The third-order valence-corrected chi connectivity index (χ3v) is 3.04. The van der Waals surface area contributed by atoms with Crippen LogP contribution < -0.4 is 10.9 Å². The number of carbonyl (C=O) groups excluding carboxylic acids is 1. The Hall–Kier alpha value is -2.33. The second-order valence-corrected chi connectivity index (χ2v) is 4.50. The van der Waals surface area contributed by atoms with E-state index < -0.39 is 0 Å². The summed E-state index contributed by atoms with van der Waals surface area (Å²) in [5.74, 6) is 0.373. The average molecular weight is 272 g/mol. The molecule has 94 valence electrons. The van der Waals surface area contributed by atoms with Gasteiger partial charge in [0.1, 0.15) is 0 Å². The van der Waals surface area contributed by atoms with Gasteiger partial charge in [-0.05, 0) is 36.4 Å². The first-order valence-electron chi connectivity index (χ1n) is 5.74. The molecule has 1 aliphatic heterocycles. The van der Waals surface area contributed by atoms with E-state index in [4.69, 9.17) is 11.6 Å². The summed E-state index contributed by atoms with van der Waals surface area (Å²) in [7, 11) is 0. The zero-order valence-corrected chi connectivity index (χ0v) is 10.6. The van der Waals surface area contributed by atoms with Gasteiger partial charge in [0.25, 0.3) is 5.91 Å². The number of fused-ring (bicyclic) bond motifs is 1. The van der Waals surface area contributed by atoms with Gasteiger partial charge in [0.15, 0.2) is 5.84 Å². The molecule has 2 N–H and O–H groups in total. The summed E-state index contributed by atoms with van der Waals surface area (Å²) in [5, 5.41) is 0.655. The molecule has 2 aromatic rings. The Kier molecular flexibility index (Phi) is 2.93. The first-order chi connectivity index (χ1) is 9.24. The Bertz CT molecular complexity index is 665. The zero-order chi connectivity index (χ0) is 13.2. The van der Waals surface area contributed by atoms with Crippen molar-refractivity contribution in [1.29, 1.82) is 0 Å². The number of amides is 1. The molecule has 0 spiro atoms. The van der Waals surface area contributed by atoms with Gasteiger partial charge in [0.05, 0.1) is 11.3 Å². The van der Waals surface area contributed by atoms with E-state index >= 15 is 0 Å². The van der Waals surface area contributed by atoms with Crippen molar-refractivity contribution in [2.24, 2.45) is 4.99 Å². The van der Waals surface area contributed by atoms with Crippen LogP contribution in [0.5, 0.6) is 0 Å². The SMILES string of the molecule is O=C1NNC(c2ccc(Cl)cc2)=Nc2ccccc21. The molecule has 19 heavy (non-hydrogen) atoms. The second kappa shape index (κ2) is 4.74. The standard InChI is InChI=1S/C14H10ClN3O/c15-10-7-5-9(6-8-10)13-16-12-4-2-1-3-11(12)14(19)18-17-13/h1-8H,(H,16,17)(H,18,19). The van der Waals surface area contributed by atoms with Gasteiger partial charge >= 0.3 is 0 Å². The molecule has 0 aromatic heterocycles. The van der Waals surface area contributed by atoms with Crippen molar-refractivity contribution < 1.29 is 4.79 Å². The smallest absolute Gasteiger partial charge is 0.271 e. The first kappa shape index (κ1) is 11.7. The summed E-state index contributed by atoms with van der Waals surface area (Å²) in [5.41, 5.74) is 7.46. The minimum Gasteiger partial charge on any atom is -0.281 e. The van der Waals surface area contributed by atoms with Crippen molar-refractivity contribution in [1.82, 2.24) is 10.9 Å². The lowest BCUT2D eigenvalue weighted by atomic mass is 10.1. The van der Waals surface area contributed by atoms with Gasteiger partial charge < -0.3 is 0 Å². The summed E-state index contributed by atoms with van der Waals surface area (Å²) in [4.78, 5) is 16.3. The number of amidine groups is 1. The number of hydrogen-bond acceptors (Lipinski definition) is 3. The molecule has 1 aliphatic rings. The number of carbonyl (C=O) groups is 1. The van der Waals surface area contributed by atoms with Gasteiger partial charge in [-0.3, -0.25) is 15.6 Å². The lowest BCUT2D eigenvalue weighted by Crippen LogP contribution is -2.40. The maximum atomic E-state index is 11.9.